The summed E-state index contributed by atoms with van der Waals surface area (Å²) in [6.07, 6.45) is 3.69. The Morgan fingerprint density at radius 3 is 2.08 bits per heavy atom. The SMILES string of the molecule is COc1ccc(-n2c(=CC(=O)Oc3ccc(Cl)cc3)c3cc(C)ccc3/c2=C\c2ccc(C)cc2)cc1. The quantitative estimate of drug-likeness (QED) is 0.212. The summed E-state index contributed by atoms with van der Waals surface area (Å²) in [5.74, 6) is 0.716. The summed E-state index contributed by atoms with van der Waals surface area (Å²) in [7, 11) is 1.64. The van der Waals surface area contributed by atoms with Crippen LogP contribution in [0.4, 0.5) is 0 Å². The summed E-state index contributed by atoms with van der Waals surface area (Å²) in [4.78, 5) is 13.1. The molecule has 0 fully saturated rings. The standard InChI is InChI=1S/C32H26ClNO3/c1-21-4-7-23(8-5-21)19-30-28-17-6-22(2)18-29(28)31(34(30)25-11-15-26(36-3)16-12-25)20-32(35)37-27-13-9-24(33)10-14-27/h4-20H,1-3H3/b30-19+,31-20?. The van der Waals surface area contributed by atoms with Crippen molar-refractivity contribution in [1.82, 2.24) is 4.57 Å². The van der Waals surface area contributed by atoms with Gasteiger partial charge in [0.05, 0.1) is 17.8 Å². The largest absolute Gasteiger partial charge is 0.497 e. The molecule has 0 unspecified atom stereocenters. The molecule has 0 aliphatic carbocycles. The molecule has 184 valence electrons. The van der Waals surface area contributed by atoms with E-state index in [0.29, 0.717) is 10.8 Å². The molecule has 4 nitrogen and oxygen atoms in total. The highest BCUT2D eigenvalue weighted by atomic mass is 35.5. The first-order valence-electron chi connectivity index (χ1n) is 11.9. The van der Waals surface area contributed by atoms with Crippen molar-refractivity contribution in [3.8, 4) is 17.2 Å². The monoisotopic (exact) mass is 507 g/mol. The van der Waals surface area contributed by atoms with Gasteiger partial charge in [-0.2, -0.15) is 0 Å². The number of carbonyl (C=O) groups excluding carboxylic acids is 1. The minimum absolute atomic E-state index is 0.431. The van der Waals surface area contributed by atoms with E-state index < -0.39 is 5.97 Å². The zero-order valence-electron chi connectivity index (χ0n) is 20.9. The lowest BCUT2D eigenvalue weighted by Gasteiger charge is -2.08. The van der Waals surface area contributed by atoms with Gasteiger partial charge in [0.15, 0.2) is 0 Å². The first-order chi connectivity index (χ1) is 17.9. The number of rotatable bonds is 5. The molecule has 0 amide bonds. The number of fused-ring (bicyclic) bond motifs is 1. The third kappa shape index (κ3) is 5.30. The van der Waals surface area contributed by atoms with Gasteiger partial charge < -0.3 is 14.0 Å². The van der Waals surface area contributed by atoms with Crippen molar-refractivity contribution in [2.24, 2.45) is 0 Å². The third-order valence-electron chi connectivity index (χ3n) is 6.21. The lowest BCUT2D eigenvalue weighted by molar-refractivity contribution is -0.127. The van der Waals surface area contributed by atoms with E-state index >= 15 is 0 Å². The maximum absolute atomic E-state index is 13.1. The fraction of sp³-hybridized carbons (Fsp3) is 0.0938. The van der Waals surface area contributed by atoms with Crippen LogP contribution in [0.5, 0.6) is 11.5 Å². The molecule has 0 N–H and O–H groups in total. The van der Waals surface area contributed by atoms with Crippen LogP contribution in [-0.4, -0.2) is 17.6 Å². The molecule has 0 radical (unpaired) electrons. The molecular weight excluding hydrogens is 482 g/mol. The van der Waals surface area contributed by atoms with E-state index in [0.717, 1.165) is 44.0 Å². The van der Waals surface area contributed by atoms with Crippen molar-refractivity contribution in [2.75, 3.05) is 7.11 Å². The molecule has 0 atom stereocenters. The van der Waals surface area contributed by atoms with E-state index in [9.17, 15) is 4.79 Å². The first-order valence-corrected chi connectivity index (χ1v) is 12.3. The van der Waals surface area contributed by atoms with Gasteiger partial charge in [-0.15, -0.1) is 0 Å². The van der Waals surface area contributed by atoms with E-state index in [2.05, 4.69) is 60.0 Å². The van der Waals surface area contributed by atoms with E-state index in [-0.39, 0.29) is 0 Å². The van der Waals surface area contributed by atoms with Crippen molar-refractivity contribution in [3.63, 3.8) is 0 Å². The number of benzene rings is 4. The number of hydrogen-bond acceptors (Lipinski definition) is 3. The van der Waals surface area contributed by atoms with Crippen molar-refractivity contribution in [3.05, 3.63) is 123 Å². The van der Waals surface area contributed by atoms with Crippen LogP contribution in [-0.2, 0) is 4.79 Å². The third-order valence-corrected chi connectivity index (χ3v) is 6.46. The predicted molar refractivity (Wildman–Crippen MR) is 150 cm³/mol. The van der Waals surface area contributed by atoms with E-state index in [1.807, 2.05) is 31.2 Å². The van der Waals surface area contributed by atoms with Crippen LogP contribution in [0, 0.1) is 13.8 Å². The topological polar surface area (TPSA) is 40.5 Å². The van der Waals surface area contributed by atoms with Gasteiger partial charge in [0.1, 0.15) is 11.5 Å². The molecule has 5 heteroatoms. The zero-order chi connectivity index (χ0) is 25.9. The van der Waals surface area contributed by atoms with Gasteiger partial charge in [-0.25, -0.2) is 4.79 Å². The number of hydrogen-bond donors (Lipinski definition) is 0. The number of aryl methyl sites for hydroxylation is 2. The van der Waals surface area contributed by atoms with E-state index in [1.54, 1.807) is 37.5 Å². The highest BCUT2D eigenvalue weighted by molar-refractivity contribution is 6.30. The minimum Gasteiger partial charge on any atom is -0.497 e. The van der Waals surface area contributed by atoms with Gasteiger partial charge in [-0.05, 0) is 80.1 Å². The smallest absolute Gasteiger partial charge is 0.338 e. The molecule has 1 aromatic heterocycles. The molecule has 5 rings (SSSR count). The summed E-state index contributed by atoms with van der Waals surface area (Å²) < 4.78 is 13.1. The summed E-state index contributed by atoms with van der Waals surface area (Å²) >= 11 is 5.98. The van der Waals surface area contributed by atoms with E-state index in [1.165, 1.54) is 5.56 Å². The molecule has 0 bridgehead atoms. The molecule has 5 aromatic rings. The maximum atomic E-state index is 13.1. The highest BCUT2D eigenvalue weighted by Crippen LogP contribution is 2.18. The van der Waals surface area contributed by atoms with Crippen molar-refractivity contribution in [2.45, 2.75) is 13.8 Å². The second kappa shape index (κ2) is 10.4. The summed E-state index contributed by atoms with van der Waals surface area (Å²) in [6, 6.07) is 29.2. The molecule has 0 saturated carbocycles. The lowest BCUT2D eigenvalue weighted by atomic mass is 10.1. The van der Waals surface area contributed by atoms with Crippen LogP contribution in [0.2, 0.25) is 5.02 Å². The van der Waals surface area contributed by atoms with Crippen molar-refractivity contribution in [1.29, 1.82) is 0 Å². The fourth-order valence-corrected chi connectivity index (χ4v) is 4.46. The highest BCUT2D eigenvalue weighted by Gasteiger charge is 2.13. The van der Waals surface area contributed by atoms with Crippen LogP contribution in [0.3, 0.4) is 0 Å². The molecule has 0 aliphatic rings. The number of ether oxygens (including phenoxy) is 2. The Balaban J connectivity index is 1.79. The Morgan fingerprint density at radius 2 is 1.41 bits per heavy atom. The fourth-order valence-electron chi connectivity index (χ4n) is 4.34. The summed E-state index contributed by atoms with van der Waals surface area (Å²) in [6.45, 7) is 4.12. The second-order valence-electron chi connectivity index (χ2n) is 8.93. The molecule has 4 aromatic carbocycles. The summed E-state index contributed by atoms with van der Waals surface area (Å²) in [5, 5.41) is 4.28. The van der Waals surface area contributed by atoms with Crippen LogP contribution < -0.4 is 20.2 Å². The van der Waals surface area contributed by atoms with Crippen LogP contribution in [0.25, 0.3) is 28.6 Å². The molecule has 37 heavy (non-hydrogen) atoms. The van der Waals surface area contributed by atoms with Gasteiger partial charge in [0, 0.05) is 27.6 Å². The Hall–Kier alpha value is -4.28. The number of aromatic nitrogens is 1. The predicted octanol–water partition coefficient (Wildman–Crippen LogP) is 6.12. The number of esters is 1. The van der Waals surface area contributed by atoms with Gasteiger partial charge in [-0.3, -0.25) is 0 Å². The number of carbonyl (C=O) groups is 1. The van der Waals surface area contributed by atoms with E-state index in [4.69, 9.17) is 21.1 Å². The Labute approximate surface area is 220 Å². The van der Waals surface area contributed by atoms with Crippen LogP contribution >= 0.6 is 11.6 Å². The number of halogens is 1. The van der Waals surface area contributed by atoms with Crippen molar-refractivity contribution >= 4 is 40.5 Å². The van der Waals surface area contributed by atoms with Crippen molar-refractivity contribution < 1.29 is 14.3 Å². The number of nitrogens with zero attached hydrogens (tertiary/aromatic N) is 1. The Morgan fingerprint density at radius 1 is 0.757 bits per heavy atom. The lowest BCUT2D eigenvalue weighted by Crippen LogP contribution is -2.27. The number of methoxy groups -OCH3 is 1. The van der Waals surface area contributed by atoms with Gasteiger partial charge >= 0.3 is 5.97 Å². The average molecular weight is 508 g/mol. The zero-order valence-corrected chi connectivity index (χ0v) is 21.6. The molecular formula is C32H26ClNO3. The Kier molecular flexibility index (Phi) is 6.85. The van der Waals surface area contributed by atoms with Gasteiger partial charge in [-0.1, -0.05) is 59.1 Å². The van der Waals surface area contributed by atoms with Gasteiger partial charge in [0.25, 0.3) is 0 Å². The first kappa shape index (κ1) is 24.4. The molecule has 0 spiro atoms. The van der Waals surface area contributed by atoms with Crippen LogP contribution in [0.15, 0.2) is 91.0 Å². The molecule has 0 aliphatic heterocycles. The molecule has 0 saturated heterocycles. The van der Waals surface area contributed by atoms with Crippen LogP contribution in [0.1, 0.15) is 16.7 Å². The molecule has 1 heterocycles. The maximum Gasteiger partial charge on any atom is 0.338 e. The summed E-state index contributed by atoms with van der Waals surface area (Å²) in [5.41, 5.74) is 4.26. The minimum atomic E-state index is -0.472. The normalized spacial score (nSPS) is 12.2. The van der Waals surface area contributed by atoms with Gasteiger partial charge in [0.2, 0.25) is 0 Å². The average Bonchev–Trinajstić information content (AvgIpc) is 3.18. The Bertz CT molecular complexity index is 1700. The second-order valence-corrected chi connectivity index (χ2v) is 9.36.